The Labute approximate surface area is 120 Å². The number of hydrogen-bond donors (Lipinski definition) is 1. The molecule has 0 spiro atoms. The first-order valence-electron chi connectivity index (χ1n) is 6.73. The first-order chi connectivity index (χ1) is 9.37. The van der Waals surface area contributed by atoms with Gasteiger partial charge in [0.1, 0.15) is 11.5 Å². The van der Waals surface area contributed by atoms with E-state index in [-0.39, 0.29) is 12.5 Å². The van der Waals surface area contributed by atoms with Gasteiger partial charge >= 0.3 is 5.97 Å². The topological polar surface area (TPSA) is 55.8 Å². The zero-order valence-corrected chi connectivity index (χ0v) is 12.8. The summed E-state index contributed by atoms with van der Waals surface area (Å²) in [6.07, 6.45) is 0. The number of aliphatic carboxylic acids is 1. The summed E-state index contributed by atoms with van der Waals surface area (Å²) in [4.78, 5) is 11.8. The van der Waals surface area contributed by atoms with Gasteiger partial charge in [0.2, 0.25) is 0 Å². The van der Waals surface area contributed by atoms with Crippen molar-refractivity contribution in [3.05, 3.63) is 35.4 Å². The van der Waals surface area contributed by atoms with E-state index in [4.69, 9.17) is 9.47 Å². The van der Waals surface area contributed by atoms with Gasteiger partial charge in [-0.25, -0.2) is 0 Å². The van der Waals surface area contributed by atoms with Crippen LogP contribution in [0.25, 0.3) is 0 Å². The lowest BCUT2D eigenvalue weighted by Gasteiger charge is -2.35. The van der Waals surface area contributed by atoms with Crippen molar-refractivity contribution in [2.75, 3.05) is 20.8 Å². The van der Waals surface area contributed by atoms with Crippen LogP contribution in [0.4, 0.5) is 0 Å². The maximum atomic E-state index is 11.8. The Morgan fingerprint density at radius 1 is 1.25 bits per heavy atom. The summed E-state index contributed by atoms with van der Waals surface area (Å²) >= 11 is 0. The Morgan fingerprint density at radius 3 is 2.20 bits per heavy atom. The fraction of sp³-hybridized carbons (Fsp3) is 0.562. The summed E-state index contributed by atoms with van der Waals surface area (Å²) in [5.41, 5.74) is 0.904. The normalized spacial score (nSPS) is 15.9. The second-order valence-electron chi connectivity index (χ2n) is 5.50. The Hall–Kier alpha value is -1.39. The van der Waals surface area contributed by atoms with E-state index in [0.29, 0.717) is 0 Å². The van der Waals surface area contributed by atoms with Gasteiger partial charge < -0.3 is 14.6 Å². The molecular formula is C16H24O4. The molecule has 0 saturated carbocycles. The molecule has 0 aliphatic heterocycles. The van der Waals surface area contributed by atoms with E-state index < -0.39 is 17.5 Å². The van der Waals surface area contributed by atoms with E-state index >= 15 is 0 Å². The fourth-order valence-corrected chi connectivity index (χ4v) is 2.57. The monoisotopic (exact) mass is 280 g/mol. The average Bonchev–Trinajstić information content (AvgIpc) is 2.39. The van der Waals surface area contributed by atoms with E-state index in [1.54, 1.807) is 14.0 Å². The van der Waals surface area contributed by atoms with E-state index in [9.17, 15) is 9.90 Å². The molecule has 0 fully saturated rings. The maximum absolute atomic E-state index is 11.8. The minimum absolute atomic E-state index is 0.215. The van der Waals surface area contributed by atoms with Crippen LogP contribution in [0.2, 0.25) is 0 Å². The largest absolute Gasteiger partial charge is 0.481 e. The molecule has 1 aromatic rings. The highest BCUT2D eigenvalue weighted by atomic mass is 16.5. The van der Waals surface area contributed by atoms with Crippen LogP contribution in [0.3, 0.4) is 0 Å². The summed E-state index contributed by atoms with van der Waals surface area (Å²) in [5, 5.41) is 9.69. The standard InChI is InChI=1S/C16H24O4/c1-11(2)12-8-6-7-9-13(12)14(15(17)18)16(3,20-5)10-19-4/h6-9,11,14H,10H2,1-5H3,(H,17,18). The molecule has 0 saturated heterocycles. The van der Waals surface area contributed by atoms with Crippen LogP contribution in [0.15, 0.2) is 24.3 Å². The molecule has 4 nitrogen and oxygen atoms in total. The number of rotatable bonds is 7. The van der Waals surface area contributed by atoms with Crippen molar-refractivity contribution in [1.29, 1.82) is 0 Å². The number of methoxy groups -OCH3 is 2. The highest BCUT2D eigenvalue weighted by molar-refractivity contribution is 5.78. The van der Waals surface area contributed by atoms with Crippen molar-refractivity contribution in [2.45, 2.75) is 38.2 Å². The zero-order chi connectivity index (χ0) is 15.3. The molecule has 0 aliphatic rings. The minimum Gasteiger partial charge on any atom is -0.481 e. The van der Waals surface area contributed by atoms with Gasteiger partial charge in [-0.05, 0) is 24.0 Å². The zero-order valence-electron chi connectivity index (χ0n) is 12.8. The van der Waals surface area contributed by atoms with Gasteiger partial charge in [-0.2, -0.15) is 0 Å². The van der Waals surface area contributed by atoms with E-state index in [0.717, 1.165) is 11.1 Å². The van der Waals surface area contributed by atoms with Crippen molar-refractivity contribution >= 4 is 5.97 Å². The molecule has 0 amide bonds. The molecule has 4 heteroatoms. The van der Waals surface area contributed by atoms with Crippen molar-refractivity contribution in [1.82, 2.24) is 0 Å². The summed E-state index contributed by atoms with van der Waals surface area (Å²) in [6.45, 7) is 6.09. The van der Waals surface area contributed by atoms with Crippen molar-refractivity contribution < 1.29 is 19.4 Å². The summed E-state index contributed by atoms with van der Waals surface area (Å²) in [5.74, 6) is -1.43. The van der Waals surface area contributed by atoms with Gasteiger partial charge in [0.15, 0.2) is 0 Å². The third-order valence-electron chi connectivity index (χ3n) is 3.68. The van der Waals surface area contributed by atoms with Gasteiger partial charge in [-0.15, -0.1) is 0 Å². The molecule has 2 atom stereocenters. The first kappa shape index (κ1) is 16.7. The minimum atomic E-state index is -0.911. The van der Waals surface area contributed by atoms with Crippen LogP contribution in [-0.4, -0.2) is 37.5 Å². The molecule has 0 aromatic heterocycles. The Kier molecular flexibility index (Phi) is 5.72. The maximum Gasteiger partial charge on any atom is 0.314 e. The molecule has 0 aliphatic carbocycles. The third kappa shape index (κ3) is 3.38. The number of ether oxygens (including phenoxy) is 2. The molecule has 0 heterocycles. The molecule has 1 aromatic carbocycles. The van der Waals surface area contributed by atoms with E-state index in [1.165, 1.54) is 7.11 Å². The second-order valence-corrected chi connectivity index (χ2v) is 5.50. The molecule has 20 heavy (non-hydrogen) atoms. The Balaban J connectivity index is 3.38. The van der Waals surface area contributed by atoms with E-state index in [2.05, 4.69) is 13.8 Å². The molecule has 0 bridgehead atoms. The predicted octanol–water partition coefficient (Wildman–Crippen LogP) is 3.03. The summed E-state index contributed by atoms with van der Waals surface area (Å²) in [6, 6.07) is 7.62. The molecular weight excluding hydrogens is 256 g/mol. The van der Waals surface area contributed by atoms with Crippen LogP contribution in [0.1, 0.15) is 43.7 Å². The van der Waals surface area contributed by atoms with Crippen LogP contribution in [0.5, 0.6) is 0 Å². The van der Waals surface area contributed by atoms with Crippen molar-refractivity contribution in [2.24, 2.45) is 0 Å². The second kappa shape index (κ2) is 6.86. The van der Waals surface area contributed by atoms with Crippen LogP contribution >= 0.6 is 0 Å². The lowest BCUT2D eigenvalue weighted by molar-refractivity contribution is -0.150. The Morgan fingerprint density at radius 2 is 1.80 bits per heavy atom. The van der Waals surface area contributed by atoms with Crippen LogP contribution in [0, 0.1) is 0 Å². The first-order valence-corrected chi connectivity index (χ1v) is 6.73. The highest BCUT2D eigenvalue weighted by Gasteiger charge is 2.42. The highest BCUT2D eigenvalue weighted by Crippen LogP contribution is 2.36. The summed E-state index contributed by atoms with van der Waals surface area (Å²) in [7, 11) is 3.07. The molecule has 0 radical (unpaired) electrons. The van der Waals surface area contributed by atoms with Gasteiger partial charge in [0.25, 0.3) is 0 Å². The van der Waals surface area contributed by atoms with Gasteiger partial charge in [0, 0.05) is 14.2 Å². The lowest BCUT2D eigenvalue weighted by atomic mass is 9.79. The van der Waals surface area contributed by atoms with E-state index in [1.807, 2.05) is 24.3 Å². The number of carboxylic acids is 1. The quantitative estimate of drug-likeness (QED) is 0.834. The SMILES string of the molecule is COCC(C)(OC)C(C(=O)O)c1ccccc1C(C)C. The van der Waals surface area contributed by atoms with Crippen LogP contribution < -0.4 is 0 Å². The van der Waals surface area contributed by atoms with Gasteiger partial charge in [-0.3, -0.25) is 4.79 Å². The number of carboxylic acid groups (broad SMARTS) is 1. The molecule has 2 unspecified atom stereocenters. The average molecular weight is 280 g/mol. The van der Waals surface area contributed by atoms with Crippen molar-refractivity contribution in [3.8, 4) is 0 Å². The van der Waals surface area contributed by atoms with Crippen molar-refractivity contribution in [3.63, 3.8) is 0 Å². The summed E-state index contributed by atoms with van der Waals surface area (Å²) < 4.78 is 10.6. The molecule has 112 valence electrons. The number of benzene rings is 1. The molecule has 1 N–H and O–H groups in total. The van der Waals surface area contributed by atoms with Crippen LogP contribution in [-0.2, 0) is 14.3 Å². The lowest BCUT2D eigenvalue weighted by Crippen LogP contribution is -2.44. The van der Waals surface area contributed by atoms with Gasteiger partial charge in [0.05, 0.1) is 6.61 Å². The fourth-order valence-electron chi connectivity index (χ4n) is 2.57. The Bertz CT molecular complexity index is 456. The smallest absolute Gasteiger partial charge is 0.314 e. The number of carbonyl (C=O) groups is 1. The predicted molar refractivity (Wildman–Crippen MR) is 78.2 cm³/mol. The number of hydrogen-bond acceptors (Lipinski definition) is 3. The third-order valence-corrected chi connectivity index (χ3v) is 3.68. The van der Waals surface area contributed by atoms with Gasteiger partial charge in [-0.1, -0.05) is 38.1 Å². The molecule has 1 rings (SSSR count).